The van der Waals surface area contributed by atoms with E-state index in [4.69, 9.17) is 4.74 Å². The summed E-state index contributed by atoms with van der Waals surface area (Å²) >= 11 is 0. The molecule has 12 heteroatoms. The van der Waals surface area contributed by atoms with E-state index in [2.05, 4.69) is 5.32 Å². The van der Waals surface area contributed by atoms with E-state index in [1.54, 1.807) is 17.0 Å². The largest absolute Gasteiger partial charge is 0.494 e. The summed E-state index contributed by atoms with van der Waals surface area (Å²) in [7, 11) is -3.62. The summed E-state index contributed by atoms with van der Waals surface area (Å²) < 4.78 is 97.9. The lowest BCUT2D eigenvalue weighted by molar-refractivity contribution is -0.140. The second kappa shape index (κ2) is 13.2. The van der Waals surface area contributed by atoms with Gasteiger partial charge in [0.1, 0.15) is 17.4 Å². The molecule has 0 atom stereocenters. The van der Waals surface area contributed by atoms with E-state index >= 15 is 0 Å². The smallest absolute Gasteiger partial charge is 0.419 e. The van der Waals surface area contributed by atoms with Crippen LogP contribution in [0.4, 0.5) is 22.0 Å². The number of halogens is 5. The summed E-state index contributed by atoms with van der Waals surface area (Å²) in [6, 6.07) is 13.2. The normalized spacial score (nSPS) is 12.0. The van der Waals surface area contributed by atoms with Crippen molar-refractivity contribution in [3.8, 4) is 5.75 Å². The zero-order valence-electron chi connectivity index (χ0n) is 21.9. The van der Waals surface area contributed by atoms with Crippen molar-refractivity contribution in [1.29, 1.82) is 0 Å². The molecular weight excluding hydrogens is 555 g/mol. The number of rotatable bonds is 12. The van der Waals surface area contributed by atoms with E-state index < -0.39 is 33.2 Å². The second-order valence-corrected chi connectivity index (χ2v) is 11.3. The van der Waals surface area contributed by atoms with E-state index in [0.29, 0.717) is 23.6 Å². The Morgan fingerprint density at radius 1 is 0.975 bits per heavy atom. The lowest BCUT2D eigenvalue weighted by Gasteiger charge is -2.24. The van der Waals surface area contributed by atoms with Crippen LogP contribution in [0.3, 0.4) is 0 Å². The van der Waals surface area contributed by atoms with Crippen molar-refractivity contribution in [3.05, 3.63) is 94.6 Å². The van der Waals surface area contributed by atoms with Crippen LogP contribution in [0.25, 0.3) is 0 Å². The average molecular weight is 585 g/mol. The number of ether oxygens (including phenoxy) is 1. The van der Waals surface area contributed by atoms with Gasteiger partial charge in [0, 0.05) is 44.9 Å². The lowest BCUT2D eigenvalue weighted by Crippen LogP contribution is -2.26. The van der Waals surface area contributed by atoms with Gasteiger partial charge in [0.15, 0.2) is 9.84 Å². The summed E-state index contributed by atoms with van der Waals surface area (Å²) in [6.45, 7) is 1.84. The predicted octanol–water partition coefficient (Wildman–Crippen LogP) is 5.49. The van der Waals surface area contributed by atoms with Gasteiger partial charge in [0.25, 0.3) is 0 Å². The highest BCUT2D eigenvalue weighted by atomic mass is 32.2. The number of carbonyl (C=O) groups excluding carboxylic acids is 1. The van der Waals surface area contributed by atoms with Gasteiger partial charge in [0.05, 0.1) is 17.1 Å². The monoisotopic (exact) mass is 584 g/mol. The Labute approximate surface area is 229 Å². The first-order valence-electron chi connectivity index (χ1n) is 12.3. The van der Waals surface area contributed by atoms with Gasteiger partial charge in [-0.15, -0.1) is 0 Å². The van der Waals surface area contributed by atoms with Gasteiger partial charge in [-0.05, 0) is 47.9 Å². The average Bonchev–Trinajstić information content (AvgIpc) is 2.86. The fourth-order valence-electron chi connectivity index (χ4n) is 4.04. The Hall–Kier alpha value is -3.51. The fourth-order valence-corrected chi connectivity index (χ4v) is 4.98. The molecule has 0 saturated carbocycles. The van der Waals surface area contributed by atoms with Crippen LogP contribution in [-0.4, -0.2) is 38.6 Å². The Bertz CT molecular complexity index is 1430. The summed E-state index contributed by atoms with van der Waals surface area (Å²) in [5, 5.41) is 2.56. The lowest BCUT2D eigenvalue weighted by atomic mass is 10.1. The van der Waals surface area contributed by atoms with Crippen LogP contribution in [0.1, 0.15) is 35.6 Å². The third kappa shape index (κ3) is 9.02. The molecule has 3 aromatic carbocycles. The molecule has 3 rings (SSSR count). The van der Waals surface area contributed by atoms with Gasteiger partial charge >= 0.3 is 6.18 Å². The molecule has 216 valence electrons. The molecule has 0 spiro atoms. The molecule has 0 heterocycles. The SMILES string of the molecule is CC(=O)NCc1ccc(OCCCN(Cc2ccc(F)cc2)Cc2cccc(C(F)(F)F)c2F)cc1S(C)(=O)=O. The molecule has 0 unspecified atom stereocenters. The van der Waals surface area contributed by atoms with Crippen molar-refractivity contribution in [3.63, 3.8) is 0 Å². The minimum absolute atomic E-state index is 0.0108. The highest BCUT2D eigenvalue weighted by Crippen LogP contribution is 2.33. The number of hydrogen-bond donors (Lipinski definition) is 1. The Morgan fingerprint density at radius 3 is 2.30 bits per heavy atom. The molecule has 1 N–H and O–H groups in total. The molecule has 3 aromatic rings. The third-order valence-corrected chi connectivity index (χ3v) is 7.13. The maximum atomic E-state index is 14.7. The molecule has 0 radical (unpaired) electrons. The Morgan fingerprint density at radius 2 is 1.68 bits per heavy atom. The highest BCUT2D eigenvalue weighted by Gasteiger charge is 2.34. The van der Waals surface area contributed by atoms with Crippen molar-refractivity contribution in [2.24, 2.45) is 0 Å². The highest BCUT2D eigenvalue weighted by molar-refractivity contribution is 7.90. The van der Waals surface area contributed by atoms with E-state index in [0.717, 1.165) is 12.3 Å². The van der Waals surface area contributed by atoms with Crippen LogP contribution in [-0.2, 0) is 40.4 Å². The summed E-state index contributed by atoms with van der Waals surface area (Å²) in [5.74, 6) is -1.82. The Balaban J connectivity index is 1.72. The van der Waals surface area contributed by atoms with Crippen molar-refractivity contribution in [2.75, 3.05) is 19.4 Å². The molecule has 6 nitrogen and oxygen atoms in total. The van der Waals surface area contributed by atoms with Gasteiger partial charge in [-0.25, -0.2) is 17.2 Å². The number of carbonyl (C=O) groups is 1. The first kappa shape index (κ1) is 31.0. The molecule has 0 aliphatic rings. The molecule has 0 aliphatic carbocycles. The van der Waals surface area contributed by atoms with E-state index in [9.17, 15) is 35.2 Å². The summed E-state index contributed by atoms with van der Waals surface area (Å²) in [5.41, 5.74) is -0.398. The van der Waals surface area contributed by atoms with Crippen LogP contribution >= 0.6 is 0 Å². The third-order valence-electron chi connectivity index (χ3n) is 5.95. The molecule has 0 bridgehead atoms. The zero-order valence-corrected chi connectivity index (χ0v) is 22.7. The van der Waals surface area contributed by atoms with Crippen LogP contribution in [0.2, 0.25) is 0 Å². The van der Waals surface area contributed by atoms with Crippen molar-refractivity contribution < 1.29 is 39.9 Å². The zero-order chi connectivity index (χ0) is 29.5. The van der Waals surface area contributed by atoms with E-state index in [1.807, 2.05) is 0 Å². The van der Waals surface area contributed by atoms with Crippen LogP contribution < -0.4 is 10.1 Å². The molecule has 0 aromatic heterocycles. The minimum Gasteiger partial charge on any atom is -0.494 e. The van der Waals surface area contributed by atoms with Gasteiger partial charge in [0.2, 0.25) is 5.91 Å². The van der Waals surface area contributed by atoms with Crippen LogP contribution in [0.15, 0.2) is 65.6 Å². The second-order valence-electron chi connectivity index (χ2n) is 9.27. The molecule has 0 aliphatic heterocycles. The maximum absolute atomic E-state index is 14.7. The Kier molecular flexibility index (Phi) is 10.3. The topological polar surface area (TPSA) is 75.7 Å². The number of benzene rings is 3. The fraction of sp³-hybridized carbons (Fsp3) is 0.321. The van der Waals surface area contributed by atoms with Gasteiger partial charge in [-0.1, -0.05) is 30.3 Å². The number of nitrogens with zero attached hydrogens (tertiary/aromatic N) is 1. The van der Waals surface area contributed by atoms with Gasteiger partial charge < -0.3 is 10.1 Å². The molecule has 40 heavy (non-hydrogen) atoms. The molecular formula is C28H29F5N2O4S. The first-order valence-corrected chi connectivity index (χ1v) is 14.1. The van der Waals surface area contributed by atoms with Crippen molar-refractivity contribution >= 4 is 15.7 Å². The minimum atomic E-state index is -4.84. The number of alkyl halides is 3. The number of hydrogen-bond acceptors (Lipinski definition) is 5. The number of amides is 1. The van der Waals surface area contributed by atoms with Gasteiger partial charge in [-0.3, -0.25) is 9.69 Å². The van der Waals surface area contributed by atoms with Crippen molar-refractivity contribution in [1.82, 2.24) is 10.2 Å². The van der Waals surface area contributed by atoms with E-state index in [1.165, 1.54) is 43.3 Å². The van der Waals surface area contributed by atoms with Crippen LogP contribution in [0.5, 0.6) is 5.75 Å². The van der Waals surface area contributed by atoms with Crippen molar-refractivity contribution in [2.45, 2.75) is 44.1 Å². The van der Waals surface area contributed by atoms with Crippen LogP contribution in [0, 0.1) is 11.6 Å². The molecule has 1 amide bonds. The van der Waals surface area contributed by atoms with E-state index in [-0.39, 0.29) is 54.9 Å². The maximum Gasteiger partial charge on any atom is 0.419 e. The van der Waals surface area contributed by atoms with Gasteiger partial charge in [-0.2, -0.15) is 13.2 Å². The number of nitrogens with one attached hydrogen (secondary N) is 1. The summed E-state index contributed by atoms with van der Waals surface area (Å²) in [4.78, 5) is 12.9. The number of sulfone groups is 1. The molecule has 0 saturated heterocycles. The molecule has 0 fully saturated rings. The first-order chi connectivity index (χ1) is 18.7. The standard InChI is InChI=1S/C28H29F5N2O4S/c1-19(36)34-16-21-9-12-24(15-26(21)40(2,37)38)39-14-4-13-35(17-20-7-10-23(29)11-8-20)18-22-5-3-6-25(27(22)30)28(31,32)33/h3,5-12,15H,4,13-14,16-18H2,1-2H3,(H,34,36). The predicted molar refractivity (Wildman–Crippen MR) is 139 cm³/mol. The summed E-state index contributed by atoms with van der Waals surface area (Å²) in [6.07, 6.45) is -3.43. The quantitative estimate of drug-likeness (QED) is 0.225.